The van der Waals surface area contributed by atoms with Gasteiger partial charge >= 0.3 is 0 Å². The first-order valence-electron chi connectivity index (χ1n) is 8.04. The van der Waals surface area contributed by atoms with E-state index in [2.05, 4.69) is 44.8 Å². The molecule has 2 fully saturated rings. The highest BCUT2D eigenvalue weighted by Gasteiger charge is 2.51. The maximum atomic E-state index is 5.86. The Morgan fingerprint density at radius 1 is 1.37 bits per heavy atom. The monoisotopic (exact) mass is 268 g/mol. The molecule has 0 aromatic heterocycles. The van der Waals surface area contributed by atoms with Gasteiger partial charge in [0.1, 0.15) is 0 Å². The second-order valence-corrected chi connectivity index (χ2v) is 7.29. The van der Waals surface area contributed by atoms with Crippen molar-refractivity contribution < 1.29 is 4.74 Å². The van der Waals surface area contributed by atoms with Crippen molar-refractivity contribution in [2.45, 2.75) is 65.6 Å². The van der Waals surface area contributed by atoms with Crippen molar-refractivity contribution in [3.05, 3.63) is 0 Å². The number of nitrogens with zero attached hydrogens (tertiary/aromatic N) is 1. The molecule has 1 aliphatic heterocycles. The number of hydrogen-bond acceptors (Lipinski definition) is 3. The molecule has 2 rings (SSSR count). The summed E-state index contributed by atoms with van der Waals surface area (Å²) in [5.41, 5.74) is 0.315. The number of rotatable bonds is 5. The summed E-state index contributed by atoms with van der Waals surface area (Å²) in [5, 5.41) is 3.67. The van der Waals surface area contributed by atoms with Crippen molar-refractivity contribution in [3.63, 3.8) is 0 Å². The Balaban J connectivity index is 1.88. The van der Waals surface area contributed by atoms with Crippen molar-refractivity contribution in [1.29, 1.82) is 0 Å². The van der Waals surface area contributed by atoms with Crippen LogP contribution < -0.4 is 5.32 Å². The van der Waals surface area contributed by atoms with Crippen LogP contribution in [0.1, 0.15) is 47.5 Å². The lowest BCUT2D eigenvalue weighted by atomic mass is 9.63. The number of ether oxygens (including phenoxy) is 1. The Morgan fingerprint density at radius 2 is 2.11 bits per heavy atom. The molecule has 112 valence electrons. The molecular formula is C16H32N2O. The minimum absolute atomic E-state index is 0.315. The molecular weight excluding hydrogens is 236 g/mol. The lowest BCUT2D eigenvalue weighted by molar-refractivity contribution is -0.153. The summed E-state index contributed by atoms with van der Waals surface area (Å²) in [6.45, 7) is 15.9. The van der Waals surface area contributed by atoms with Gasteiger partial charge in [0.05, 0.1) is 6.10 Å². The molecule has 19 heavy (non-hydrogen) atoms. The lowest BCUT2D eigenvalue weighted by Crippen LogP contribution is -2.66. The molecule has 3 atom stereocenters. The van der Waals surface area contributed by atoms with E-state index in [9.17, 15) is 0 Å². The van der Waals surface area contributed by atoms with E-state index in [1.54, 1.807) is 0 Å². The second kappa shape index (κ2) is 6.11. The van der Waals surface area contributed by atoms with E-state index in [0.29, 0.717) is 23.6 Å². The van der Waals surface area contributed by atoms with Crippen molar-refractivity contribution in [2.75, 3.05) is 26.2 Å². The molecule has 1 aliphatic carbocycles. The van der Waals surface area contributed by atoms with Gasteiger partial charge in [-0.2, -0.15) is 0 Å². The fourth-order valence-corrected chi connectivity index (χ4v) is 3.83. The zero-order valence-electron chi connectivity index (χ0n) is 13.4. The third-order valence-corrected chi connectivity index (χ3v) is 4.98. The molecule has 3 unspecified atom stereocenters. The lowest BCUT2D eigenvalue weighted by Gasteiger charge is -2.57. The van der Waals surface area contributed by atoms with Crippen molar-refractivity contribution >= 4 is 0 Å². The Labute approximate surface area is 119 Å². The Kier molecular flexibility index (Phi) is 4.91. The molecule has 2 aliphatic rings. The number of nitrogens with one attached hydrogen (secondary N) is 1. The van der Waals surface area contributed by atoms with Crippen LogP contribution in [0, 0.1) is 11.3 Å². The summed E-state index contributed by atoms with van der Waals surface area (Å²) in [5.74, 6) is 0.781. The van der Waals surface area contributed by atoms with E-state index in [4.69, 9.17) is 4.74 Å². The third-order valence-electron chi connectivity index (χ3n) is 4.98. The van der Waals surface area contributed by atoms with Crippen LogP contribution in [0.3, 0.4) is 0 Å². The predicted octanol–water partition coefficient (Wildman–Crippen LogP) is 2.51. The van der Waals surface area contributed by atoms with E-state index in [1.807, 2.05) is 0 Å². The Hall–Kier alpha value is -0.120. The van der Waals surface area contributed by atoms with Crippen LogP contribution in [-0.2, 0) is 4.74 Å². The topological polar surface area (TPSA) is 24.5 Å². The van der Waals surface area contributed by atoms with E-state index in [1.165, 1.54) is 25.9 Å². The zero-order chi connectivity index (χ0) is 14.0. The highest BCUT2D eigenvalue weighted by molar-refractivity contribution is 5.05. The molecule has 0 aromatic carbocycles. The van der Waals surface area contributed by atoms with Gasteiger partial charge in [-0.1, -0.05) is 27.7 Å². The van der Waals surface area contributed by atoms with E-state index < -0.39 is 0 Å². The normalized spacial score (nSPS) is 35.4. The maximum absolute atomic E-state index is 5.86. The summed E-state index contributed by atoms with van der Waals surface area (Å²) < 4.78 is 5.86. The molecule has 1 saturated carbocycles. The van der Waals surface area contributed by atoms with Crippen molar-refractivity contribution in [2.24, 2.45) is 11.3 Å². The van der Waals surface area contributed by atoms with Crippen LogP contribution in [-0.4, -0.2) is 49.3 Å². The third kappa shape index (κ3) is 3.32. The average molecular weight is 268 g/mol. The SMILES string of the molecule is CCOC1CC(N2CCNC(CC(C)C)C2)C1(C)C. The summed E-state index contributed by atoms with van der Waals surface area (Å²) in [7, 11) is 0. The number of hydrogen-bond donors (Lipinski definition) is 1. The average Bonchev–Trinajstić information content (AvgIpc) is 2.33. The van der Waals surface area contributed by atoms with Gasteiger partial charge in [0.2, 0.25) is 0 Å². The minimum Gasteiger partial charge on any atom is -0.378 e. The van der Waals surface area contributed by atoms with Crippen LogP contribution >= 0.6 is 0 Å². The first-order valence-corrected chi connectivity index (χ1v) is 8.04. The van der Waals surface area contributed by atoms with Gasteiger partial charge in [0, 0.05) is 43.7 Å². The highest BCUT2D eigenvalue weighted by atomic mass is 16.5. The maximum Gasteiger partial charge on any atom is 0.0655 e. The molecule has 1 heterocycles. The van der Waals surface area contributed by atoms with Crippen LogP contribution in [0.5, 0.6) is 0 Å². The van der Waals surface area contributed by atoms with Gasteiger partial charge in [-0.15, -0.1) is 0 Å². The molecule has 0 amide bonds. The first-order chi connectivity index (χ1) is 8.95. The Bertz CT molecular complexity index is 290. The molecule has 0 spiro atoms. The summed E-state index contributed by atoms with van der Waals surface area (Å²) in [6.07, 6.45) is 2.97. The van der Waals surface area contributed by atoms with Gasteiger partial charge in [-0.05, 0) is 25.7 Å². The van der Waals surface area contributed by atoms with Crippen LogP contribution in [0.2, 0.25) is 0 Å². The molecule has 1 saturated heterocycles. The molecule has 0 radical (unpaired) electrons. The first kappa shape index (κ1) is 15.3. The largest absolute Gasteiger partial charge is 0.378 e. The smallest absolute Gasteiger partial charge is 0.0655 e. The fraction of sp³-hybridized carbons (Fsp3) is 1.00. The predicted molar refractivity (Wildman–Crippen MR) is 80.4 cm³/mol. The van der Waals surface area contributed by atoms with Gasteiger partial charge in [-0.3, -0.25) is 4.90 Å². The highest BCUT2D eigenvalue weighted by Crippen LogP contribution is 2.46. The molecule has 3 nitrogen and oxygen atoms in total. The number of piperazine rings is 1. The molecule has 0 bridgehead atoms. The van der Waals surface area contributed by atoms with E-state index in [0.717, 1.165) is 19.1 Å². The minimum atomic E-state index is 0.315. The van der Waals surface area contributed by atoms with Gasteiger partial charge < -0.3 is 10.1 Å². The van der Waals surface area contributed by atoms with Crippen LogP contribution in [0.4, 0.5) is 0 Å². The van der Waals surface area contributed by atoms with E-state index in [-0.39, 0.29) is 0 Å². The van der Waals surface area contributed by atoms with Crippen LogP contribution in [0.25, 0.3) is 0 Å². The van der Waals surface area contributed by atoms with Gasteiger partial charge in [0.25, 0.3) is 0 Å². The molecule has 3 heteroatoms. The zero-order valence-corrected chi connectivity index (χ0v) is 13.4. The second-order valence-electron chi connectivity index (χ2n) is 7.29. The van der Waals surface area contributed by atoms with Crippen molar-refractivity contribution in [1.82, 2.24) is 10.2 Å². The van der Waals surface area contributed by atoms with E-state index >= 15 is 0 Å². The van der Waals surface area contributed by atoms with Gasteiger partial charge in [-0.25, -0.2) is 0 Å². The molecule has 0 aromatic rings. The Morgan fingerprint density at radius 3 is 2.68 bits per heavy atom. The summed E-state index contributed by atoms with van der Waals surface area (Å²) in [4.78, 5) is 2.71. The molecule has 1 N–H and O–H groups in total. The fourth-order valence-electron chi connectivity index (χ4n) is 3.83. The van der Waals surface area contributed by atoms with Gasteiger partial charge in [0.15, 0.2) is 0 Å². The standard InChI is InChI=1S/C16H32N2O/c1-6-19-15-10-14(16(15,4)5)18-8-7-17-13(11-18)9-12(2)3/h12-15,17H,6-11H2,1-5H3. The van der Waals surface area contributed by atoms with Crippen molar-refractivity contribution in [3.8, 4) is 0 Å². The quantitative estimate of drug-likeness (QED) is 0.829. The summed E-state index contributed by atoms with van der Waals surface area (Å²) >= 11 is 0. The van der Waals surface area contributed by atoms with Crippen LogP contribution in [0.15, 0.2) is 0 Å². The summed E-state index contributed by atoms with van der Waals surface area (Å²) in [6, 6.07) is 1.39.